The number of hydrogen-bond acceptors (Lipinski definition) is 4. The van der Waals surface area contributed by atoms with Crippen molar-refractivity contribution in [2.24, 2.45) is 4.99 Å². The Bertz CT molecular complexity index is 594. The third-order valence-corrected chi connectivity index (χ3v) is 5.39. The molecule has 0 saturated carbocycles. The number of rotatable bonds is 7. The molecule has 1 saturated heterocycles. The zero-order valence-corrected chi connectivity index (χ0v) is 17.8. The van der Waals surface area contributed by atoms with Crippen LogP contribution in [-0.4, -0.2) is 75.7 Å². The maximum Gasteiger partial charge on any atom is 0.191 e. The van der Waals surface area contributed by atoms with Gasteiger partial charge in [0.15, 0.2) is 5.96 Å². The number of guanidine groups is 1. The second kappa shape index (κ2) is 10.5. The van der Waals surface area contributed by atoms with E-state index in [0.29, 0.717) is 12.1 Å². The zero-order valence-electron chi connectivity index (χ0n) is 17.8. The van der Waals surface area contributed by atoms with Crippen molar-refractivity contribution in [3.8, 4) is 5.75 Å². The van der Waals surface area contributed by atoms with Crippen LogP contribution in [0.15, 0.2) is 29.3 Å². The predicted molar refractivity (Wildman–Crippen MR) is 114 cm³/mol. The van der Waals surface area contributed by atoms with E-state index in [1.54, 1.807) is 7.11 Å². The van der Waals surface area contributed by atoms with Crippen molar-refractivity contribution in [2.45, 2.75) is 44.8 Å². The van der Waals surface area contributed by atoms with Crippen LogP contribution in [-0.2, 0) is 0 Å². The lowest BCUT2D eigenvalue weighted by Gasteiger charge is -2.35. The monoisotopic (exact) mass is 375 g/mol. The van der Waals surface area contributed by atoms with Gasteiger partial charge < -0.3 is 25.2 Å². The Labute approximate surface area is 165 Å². The quantitative estimate of drug-likeness (QED) is 0.566. The Morgan fingerprint density at radius 1 is 1.30 bits per heavy atom. The molecule has 6 heteroatoms. The molecule has 27 heavy (non-hydrogen) atoms. The van der Waals surface area contributed by atoms with Crippen LogP contribution in [0.25, 0.3) is 0 Å². The summed E-state index contributed by atoms with van der Waals surface area (Å²) in [4.78, 5) is 9.19. The molecular weight excluding hydrogens is 338 g/mol. The van der Waals surface area contributed by atoms with Crippen molar-refractivity contribution >= 4 is 5.96 Å². The minimum absolute atomic E-state index is 0.237. The normalized spacial score (nSPS) is 18.0. The van der Waals surface area contributed by atoms with Crippen molar-refractivity contribution < 1.29 is 4.74 Å². The highest BCUT2D eigenvalue weighted by molar-refractivity contribution is 5.80. The van der Waals surface area contributed by atoms with Crippen molar-refractivity contribution in [3.05, 3.63) is 29.8 Å². The summed E-state index contributed by atoms with van der Waals surface area (Å²) in [7, 11) is 7.75. The highest BCUT2D eigenvalue weighted by Crippen LogP contribution is 2.22. The van der Waals surface area contributed by atoms with Gasteiger partial charge in [0.05, 0.1) is 13.2 Å². The lowest BCUT2D eigenvalue weighted by Crippen LogP contribution is -2.50. The van der Waals surface area contributed by atoms with Crippen molar-refractivity contribution in [2.75, 3.05) is 47.9 Å². The predicted octanol–water partition coefficient (Wildman–Crippen LogP) is 2.34. The summed E-state index contributed by atoms with van der Waals surface area (Å²) in [5.74, 6) is 1.77. The summed E-state index contributed by atoms with van der Waals surface area (Å²) in [6.45, 7) is 7.63. The van der Waals surface area contributed by atoms with E-state index in [0.717, 1.165) is 44.2 Å². The topological polar surface area (TPSA) is 52.1 Å². The second-order valence-electron chi connectivity index (χ2n) is 7.76. The molecule has 1 aromatic carbocycles. The fourth-order valence-corrected chi connectivity index (χ4v) is 3.59. The van der Waals surface area contributed by atoms with E-state index in [1.807, 2.05) is 19.2 Å². The maximum absolute atomic E-state index is 5.38. The van der Waals surface area contributed by atoms with E-state index in [-0.39, 0.29) is 6.04 Å². The molecule has 2 N–H and O–H groups in total. The Kier molecular flexibility index (Phi) is 8.38. The molecule has 1 heterocycles. The first-order chi connectivity index (χ1) is 12.9. The summed E-state index contributed by atoms with van der Waals surface area (Å²) in [5, 5.41) is 7.11. The largest absolute Gasteiger partial charge is 0.497 e. The van der Waals surface area contributed by atoms with Crippen molar-refractivity contribution in [1.82, 2.24) is 20.4 Å². The third-order valence-electron chi connectivity index (χ3n) is 5.39. The molecule has 1 aromatic rings. The fraction of sp³-hybridized carbons (Fsp3) is 0.667. The van der Waals surface area contributed by atoms with Crippen LogP contribution in [0.3, 0.4) is 0 Å². The minimum atomic E-state index is 0.237. The molecule has 0 bridgehead atoms. The Morgan fingerprint density at radius 3 is 2.56 bits per heavy atom. The first kappa shape index (κ1) is 21.5. The average Bonchev–Trinajstić information content (AvgIpc) is 2.67. The number of hydrogen-bond donors (Lipinski definition) is 2. The molecule has 1 unspecified atom stereocenters. The van der Waals surface area contributed by atoms with Gasteiger partial charge in [-0.25, -0.2) is 0 Å². The maximum atomic E-state index is 5.38. The molecule has 0 amide bonds. The van der Waals surface area contributed by atoms with Crippen LogP contribution >= 0.6 is 0 Å². The van der Waals surface area contributed by atoms with Crippen LogP contribution in [0.4, 0.5) is 0 Å². The van der Waals surface area contributed by atoms with E-state index < -0.39 is 0 Å². The van der Waals surface area contributed by atoms with E-state index in [2.05, 4.69) is 65.5 Å². The number of likely N-dealkylation sites (N-methyl/N-ethyl adjacent to an activating group) is 1. The van der Waals surface area contributed by atoms with E-state index in [9.17, 15) is 0 Å². The van der Waals surface area contributed by atoms with Crippen LogP contribution in [0, 0.1) is 0 Å². The van der Waals surface area contributed by atoms with Gasteiger partial charge in [-0.3, -0.25) is 4.99 Å². The molecule has 1 aliphatic heterocycles. The van der Waals surface area contributed by atoms with Gasteiger partial charge in [0.1, 0.15) is 5.75 Å². The summed E-state index contributed by atoms with van der Waals surface area (Å²) >= 11 is 0. The van der Waals surface area contributed by atoms with Gasteiger partial charge in [-0.1, -0.05) is 12.1 Å². The van der Waals surface area contributed by atoms with Crippen LogP contribution in [0.5, 0.6) is 5.75 Å². The number of likely N-dealkylation sites (tertiary alicyclic amines) is 1. The van der Waals surface area contributed by atoms with Gasteiger partial charge >= 0.3 is 0 Å². The molecule has 0 spiro atoms. The summed E-state index contributed by atoms with van der Waals surface area (Å²) in [5.41, 5.74) is 1.23. The molecule has 2 rings (SSSR count). The number of nitrogens with one attached hydrogen (secondary N) is 2. The van der Waals surface area contributed by atoms with Crippen LogP contribution in [0.1, 0.15) is 38.3 Å². The smallest absolute Gasteiger partial charge is 0.191 e. The molecule has 6 nitrogen and oxygen atoms in total. The summed E-state index contributed by atoms with van der Waals surface area (Å²) < 4.78 is 5.38. The molecule has 1 aliphatic rings. The SMILES string of the molecule is CN=C(NCC(c1cccc(OC)c1)N(C)C)NC1CCN(C(C)C)CC1. The van der Waals surface area contributed by atoms with E-state index >= 15 is 0 Å². The second-order valence-corrected chi connectivity index (χ2v) is 7.76. The number of piperidine rings is 1. The van der Waals surface area contributed by atoms with Crippen molar-refractivity contribution in [1.29, 1.82) is 0 Å². The first-order valence-electron chi connectivity index (χ1n) is 9.96. The van der Waals surface area contributed by atoms with Gasteiger partial charge in [-0.15, -0.1) is 0 Å². The molecule has 152 valence electrons. The van der Waals surface area contributed by atoms with Crippen molar-refractivity contribution in [3.63, 3.8) is 0 Å². The van der Waals surface area contributed by atoms with Crippen LogP contribution in [0.2, 0.25) is 0 Å². The Hall–Kier alpha value is -1.79. The Morgan fingerprint density at radius 2 is 2.00 bits per heavy atom. The highest BCUT2D eigenvalue weighted by atomic mass is 16.5. The number of aliphatic imine (C=N–C) groups is 1. The third kappa shape index (κ3) is 6.40. The molecule has 0 radical (unpaired) electrons. The number of nitrogens with zero attached hydrogens (tertiary/aromatic N) is 3. The van der Waals surface area contributed by atoms with Gasteiger partial charge in [0.2, 0.25) is 0 Å². The molecule has 1 fully saturated rings. The first-order valence-corrected chi connectivity index (χ1v) is 9.96. The minimum Gasteiger partial charge on any atom is -0.497 e. The lowest BCUT2D eigenvalue weighted by molar-refractivity contribution is 0.167. The zero-order chi connectivity index (χ0) is 19.8. The van der Waals surface area contributed by atoms with Gasteiger partial charge in [0.25, 0.3) is 0 Å². The summed E-state index contributed by atoms with van der Waals surface area (Å²) in [6.07, 6.45) is 2.32. The Balaban J connectivity index is 1.91. The average molecular weight is 376 g/mol. The molecule has 0 aromatic heterocycles. The lowest BCUT2D eigenvalue weighted by atomic mass is 10.0. The van der Waals surface area contributed by atoms with E-state index in [1.165, 1.54) is 5.56 Å². The highest BCUT2D eigenvalue weighted by Gasteiger charge is 2.22. The standard InChI is InChI=1S/C21H37N5O/c1-16(2)26-12-10-18(11-13-26)24-21(22-3)23-15-20(25(4)5)17-8-7-9-19(14-17)27-6/h7-9,14,16,18,20H,10-13,15H2,1-6H3,(H2,22,23,24). The van der Waals surface area contributed by atoms with Crippen LogP contribution < -0.4 is 15.4 Å². The molecule has 0 aliphatic carbocycles. The fourth-order valence-electron chi connectivity index (χ4n) is 3.59. The van der Waals surface area contributed by atoms with E-state index in [4.69, 9.17) is 4.74 Å². The molecule has 1 atom stereocenters. The van der Waals surface area contributed by atoms with Gasteiger partial charge in [0, 0.05) is 38.8 Å². The summed E-state index contributed by atoms with van der Waals surface area (Å²) in [6, 6.07) is 9.62. The number of benzene rings is 1. The molecular formula is C21H37N5O. The van der Waals surface area contributed by atoms with Gasteiger partial charge in [-0.2, -0.15) is 0 Å². The van der Waals surface area contributed by atoms with Gasteiger partial charge in [-0.05, 0) is 58.5 Å². The number of methoxy groups -OCH3 is 1. The number of ether oxygens (including phenoxy) is 1.